The summed E-state index contributed by atoms with van der Waals surface area (Å²) in [5.41, 5.74) is 1.44. The van der Waals surface area contributed by atoms with E-state index in [1.54, 1.807) is 18.2 Å². The van der Waals surface area contributed by atoms with E-state index in [-0.39, 0.29) is 23.9 Å². The van der Waals surface area contributed by atoms with Crippen molar-refractivity contribution in [2.75, 3.05) is 20.8 Å². The standard InChI is InChI=1S/C20H22O7/c1-25-17-11-14(12-18(26-2)20(17)24)4-3-9-27-19(23)8-6-13-5-7-15(21)16(22)10-13/h5-8,10-12,21-22,24H,3-4,9H2,1-2H3. The van der Waals surface area contributed by atoms with Crippen LogP contribution in [0.15, 0.2) is 36.4 Å². The number of aryl methyl sites for hydroxylation is 1. The van der Waals surface area contributed by atoms with E-state index in [0.717, 1.165) is 5.56 Å². The summed E-state index contributed by atoms with van der Waals surface area (Å²) in [5, 5.41) is 28.5. The second-order valence-electron chi connectivity index (χ2n) is 5.70. The van der Waals surface area contributed by atoms with Crippen LogP contribution in [0.5, 0.6) is 28.7 Å². The maximum atomic E-state index is 11.7. The van der Waals surface area contributed by atoms with Crippen LogP contribution in [0.25, 0.3) is 6.08 Å². The van der Waals surface area contributed by atoms with Crippen LogP contribution in [0.4, 0.5) is 0 Å². The Morgan fingerprint density at radius 3 is 2.26 bits per heavy atom. The van der Waals surface area contributed by atoms with Crippen LogP contribution >= 0.6 is 0 Å². The lowest BCUT2D eigenvalue weighted by Crippen LogP contribution is -2.03. The van der Waals surface area contributed by atoms with Gasteiger partial charge in [0, 0.05) is 6.08 Å². The summed E-state index contributed by atoms with van der Waals surface area (Å²) in [7, 11) is 2.92. The maximum absolute atomic E-state index is 11.7. The molecule has 7 heteroatoms. The van der Waals surface area contributed by atoms with Gasteiger partial charge in [-0.2, -0.15) is 0 Å². The predicted molar refractivity (Wildman–Crippen MR) is 99.3 cm³/mol. The molecule has 0 spiro atoms. The van der Waals surface area contributed by atoms with E-state index >= 15 is 0 Å². The number of phenolic OH excluding ortho intramolecular Hbond substituents is 3. The first-order valence-corrected chi connectivity index (χ1v) is 8.25. The largest absolute Gasteiger partial charge is 0.504 e. The van der Waals surface area contributed by atoms with E-state index in [4.69, 9.17) is 14.2 Å². The molecular formula is C20H22O7. The molecule has 2 rings (SSSR count). The van der Waals surface area contributed by atoms with Gasteiger partial charge in [0.2, 0.25) is 5.75 Å². The summed E-state index contributed by atoms with van der Waals surface area (Å²) in [5.74, 6) is -0.408. The molecule has 0 saturated carbocycles. The van der Waals surface area contributed by atoms with Crippen molar-refractivity contribution in [1.82, 2.24) is 0 Å². The average Bonchev–Trinajstić information content (AvgIpc) is 2.67. The Morgan fingerprint density at radius 2 is 1.67 bits per heavy atom. The van der Waals surface area contributed by atoms with Gasteiger partial charge in [0.25, 0.3) is 0 Å². The van der Waals surface area contributed by atoms with Gasteiger partial charge in [0.05, 0.1) is 20.8 Å². The number of hydrogen-bond acceptors (Lipinski definition) is 7. The molecule has 2 aromatic rings. The molecule has 27 heavy (non-hydrogen) atoms. The number of esters is 1. The summed E-state index contributed by atoms with van der Waals surface area (Å²) in [6.07, 6.45) is 3.92. The van der Waals surface area contributed by atoms with Crippen LogP contribution in [0.3, 0.4) is 0 Å². The molecule has 0 fully saturated rings. The predicted octanol–water partition coefficient (Wildman–Crippen LogP) is 3.01. The summed E-state index contributed by atoms with van der Waals surface area (Å²) >= 11 is 0. The topological polar surface area (TPSA) is 105 Å². The molecule has 0 heterocycles. The highest BCUT2D eigenvalue weighted by molar-refractivity contribution is 5.87. The van der Waals surface area contributed by atoms with Gasteiger partial charge in [0.15, 0.2) is 23.0 Å². The quantitative estimate of drug-likeness (QED) is 0.282. The molecule has 0 aromatic heterocycles. The zero-order valence-electron chi connectivity index (χ0n) is 15.1. The first kappa shape index (κ1) is 20.0. The van der Waals surface area contributed by atoms with Crippen LogP contribution in [0.1, 0.15) is 17.5 Å². The molecule has 144 valence electrons. The summed E-state index contributed by atoms with van der Waals surface area (Å²) in [6.45, 7) is 0.218. The molecule has 3 N–H and O–H groups in total. The number of phenols is 3. The lowest BCUT2D eigenvalue weighted by Gasteiger charge is -2.11. The summed E-state index contributed by atoms with van der Waals surface area (Å²) in [6, 6.07) is 7.64. The number of carbonyl (C=O) groups is 1. The molecule has 0 aliphatic rings. The molecule has 0 radical (unpaired) electrons. The van der Waals surface area contributed by atoms with Crippen molar-refractivity contribution in [3.05, 3.63) is 47.5 Å². The van der Waals surface area contributed by atoms with E-state index in [9.17, 15) is 20.1 Å². The van der Waals surface area contributed by atoms with Crippen LogP contribution in [-0.4, -0.2) is 42.1 Å². The Bertz CT molecular complexity index is 802. The Balaban J connectivity index is 1.83. The van der Waals surface area contributed by atoms with E-state index in [2.05, 4.69) is 0 Å². The molecule has 0 amide bonds. The Hall–Kier alpha value is -3.35. The third-order valence-electron chi connectivity index (χ3n) is 3.81. The lowest BCUT2D eigenvalue weighted by molar-refractivity contribution is -0.137. The van der Waals surface area contributed by atoms with Crippen LogP contribution in [-0.2, 0) is 16.0 Å². The smallest absolute Gasteiger partial charge is 0.330 e. The molecule has 0 unspecified atom stereocenters. The first-order valence-electron chi connectivity index (χ1n) is 8.25. The van der Waals surface area contributed by atoms with Gasteiger partial charge >= 0.3 is 5.97 Å². The van der Waals surface area contributed by atoms with Crippen molar-refractivity contribution >= 4 is 12.0 Å². The highest BCUT2D eigenvalue weighted by Crippen LogP contribution is 2.37. The van der Waals surface area contributed by atoms with E-state index in [1.165, 1.54) is 38.5 Å². The van der Waals surface area contributed by atoms with Gasteiger partial charge < -0.3 is 29.5 Å². The van der Waals surface area contributed by atoms with Crippen molar-refractivity contribution in [1.29, 1.82) is 0 Å². The van der Waals surface area contributed by atoms with Crippen molar-refractivity contribution < 1.29 is 34.3 Å². The van der Waals surface area contributed by atoms with Gasteiger partial charge in [-0.3, -0.25) is 0 Å². The monoisotopic (exact) mass is 374 g/mol. The third-order valence-corrected chi connectivity index (χ3v) is 3.81. The second-order valence-corrected chi connectivity index (χ2v) is 5.70. The second kappa shape index (κ2) is 9.38. The summed E-state index contributed by atoms with van der Waals surface area (Å²) < 4.78 is 15.3. The molecular weight excluding hydrogens is 352 g/mol. The zero-order chi connectivity index (χ0) is 19.8. The highest BCUT2D eigenvalue weighted by Gasteiger charge is 2.11. The number of aromatic hydroxyl groups is 3. The number of benzene rings is 2. The fourth-order valence-corrected chi connectivity index (χ4v) is 2.40. The Kier molecular flexibility index (Phi) is 6.93. The number of hydrogen-bond donors (Lipinski definition) is 3. The fourth-order valence-electron chi connectivity index (χ4n) is 2.40. The number of carbonyl (C=O) groups excluding carboxylic acids is 1. The maximum Gasteiger partial charge on any atom is 0.330 e. The minimum absolute atomic E-state index is 0.0550. The molecule has 0 saturated heterocycles. The number of rotatable bonds is 8. The minimum Gasteiger partial charge on any atom is -0.504 e. The fraction of sp³-hybridized carbons (Fsp3) is 0.250. The Labute approximate surface area is 157 Å². The van der Waals surface area contributed by atoms with Gasteiger partial charge in [-0.15, -0.1) is 0 Å². The first-order chi connectivity index (χ1) is 12.9. The number of methoxy groups -OCH3 is 2. The van der Waals surface area contributed by atoms with E-state index in [1.807, 2.05) is 0 Å². The minimum atomic E-state index is -0.511. The number of ether oxygens (including phenoxy) is 3. The van der Waals surface area contributed by atoms with Crippen LogP contribution in [0.2, 0.25) is 0 Å². The lowest BCUT2D eigenvalue weighted by atomic mass is 10.1. The normalized spacial score (nSPS) is 10.7. The van der Waals surface area contributed by atoms with Crippen molar-refractivity contribution in [3.8, 4) is 28.7 Å². The van der Waals surface area contributed by atoms with Crippen molar-refractivity contribution in [3.63, 3.8) is 0 Å². The molecule has 0 aliphatic heterocycles. The van der Waals surface area contributed by atoms with Gasteiger partial charge in [-0.05, 0) is 54.3 Å². The van der Waals surface area contributed by atoms with Gasteiger partial charge in [0.1, 0.15) is 0 Å². The van der Waals surface area contributed by atoms with Crippen LogP contribution < -0.4 is 9.47 Å². The SMILES string of the molecule is COc1cc(CCCOC(=O)C=Cc2ccc(O)c(O)c2)cc(OC)c1O. The van der Waals surface area contributed by atoms with Gasteiger partial charge in [-0.25, -0.2) is 4.79 Å². The molecule has 0 bridgehead atoms. The van der Waals surface area contributed by atoms with Crippen LogP contribution in [0, 0.1) is 0 Å². The highest BCUT2D eigenvalue weighted by atomic mass is 16.5. The van der Waals surface area contributed by atoms with Crippen molar-refractivity contribution in [2.24, 2.45) is 0 Å². The molecule has 0 aliphatic carbocycles. The zero-order valence-corrected chi connectivity index (χ0v) is 15.1. The Morgan fingerprint density at radius 1 is 1.00 bits per heavy atom. The molecule has 0 atom stereocenters. The van der Waals surface area contributed by atoms with E-state index in [0.29, 0.717) is 29.9 Å². The van der Waals surface area contributed by atoms with Crippen molar-refractivity contribution in [2.45, 2.75) is 12.8 Å². The molecule has 2 aromatic carbocycles. The molecule has 7 nitrogen and oxygen atoms in total. The summed E-state index contributed by atoms with van der Waals surface area (Å²) in [4.78, 5) is 11.7. The third kappa shape index (κ3) is 5.57. The average molecular weight is 374 g/mol. The van der Waals surface area contributed by atoms with E-state index < -0.39 is 5.97 Å². The van der Waals surface area contributed by atoms with Gasteiger partial charge in [-0.1, -0.05) is 6.07 Å².